The van der Waals surface area contributed by atoms with Crippen LogP contribution in [0.5, 0.6) is 11.5 Å². The molecule has 2 fully saturated rings. The van der Waals surface area contributed by atoms with Gasteiger partial charge in [0.25, 0.3) is 5.91 Å². The van der Waals surface area contributed by atoms with Crippen molar-refractivity contribution < 1.29 is 14.3 Å². The largest absolute Gasteiger partial charge is 0.485 e. The summed E-state index contributed by atoms with van der Waals surface area (Å²) in [4.78, 5) is 17.4. The van der Waals surface area contributed by atoms with Crippen molar-refractivity contribution in [3.8, 4) is 11.5 Å². The maximum atomic E-state index is 13.0. The molecule has 3 aliphatic heterocycles. The number of hydrogen-bond acceptors (Lipinski definition) is 4. The molecule has 0 saturated carbocycles. The Morgan fingerprint density at radius 1 is 1.09 bits per heavy atom. The van der Waals surface area contributed by atoms with Gasteiger partial charge in [0.05, 0.1) is 0 Å². The highest BCUT2D eigenvalue weighted by Crippen LogP contribution is 2.33. The monoisotopic (exact) mass is 316 g/mol. The van der Waals surface area contributed by atoms with Crippen LogP contribution in [0.4, 0.5) is 0 Å². The van der Waals surface area contributed by atoms with Crippen molar-refractivity contribution >= 4 is 5.91 Å². The number of ether oxygens (including phenoxy) is 2. The summed E-state index contributed by atoms with van der Waals surface area (Å²) in [5, 5.41) is 0. The van der Waals surface area contributed by atoms with Gasteiger partial charge in [-0.3, -0.25) is 4.79 Å². The van der Waals surface area contributed by atoms with E-state index in [9.17, 15) is 4.79 Å². The fourth-order valence-electron chi connectivity index (χ4n) is 4.21. The van der Waals surface area contributed by atoms with E-state index in [1.165, 1.54) is 12.8 Å². The van der Waals surface area contributed by atoms with Gasteiger partial charge >= 0.3 is 0 Å². The topological polar surface area (TPSA) is 42.0 Å². The number of carbonyl (C=O) groups is 1. The molecule has 1 amide bonds. The summed E-state index contributed by atoms with van der Waals surface area (Å²) in [5.41, 5.74) is 0. The highest BCUT2D eigenvalue weighted by molar-refractivity contribution is 5.82. The van der Waals surface area contributed by atoms with E-state index < -0.39 is 6.10 Å². The van der Waals surface area contributed by atoms with E-state index in [1.807, 2.05) is 24.3 Å². The van der Waals surface area contributed by atoms with E-state index in [0.29, 0.717) is 24.4 Å². The zero-order chi connectivity index (χ0) is 15.8. The van der Waals surface area contributed by atoms with Crippen LogP contribution in [-0.4, -0.2) is 60.6 Å². The van der Waals surface area contributed by atoms with Gasteiger partial charge in [0.2, 0.25) is 6.10 Å². The Hall–Kier alpha value is -1.75. The van der Waals surface area contributed by atoms with E-state index in [0.717, 1.165) is 31.7 Å². The fourth-order valence-corrected chi connectivity index (χ4v) is 4.21. The third-order valence-corrected chi connectivity index (χ3v) is 5.39. The highest BCUT2D eigenvalue weighted by Gasteiger charge is 2.41. The third kappa shape index (κ3) is 2.67. The number of rotatable bonds is 2. The second kappa shape index (κ2) is 6.04. The van der Waals surface area contributed by atoms with Gasteiger partial charge in [0.1, 0.15) is 6.61 Å². The van der Waals surface area contributed by atoms with Crippen LogP contribution >= 0.6 is 0 Å². The highest BCUT2D eigenvalue weighted by atomic mass is 16.6. The minimum Gasteiger partial charge on any atom is -0.485 e. The van der Waals surface area contributed by atoms with E-state index in [-0.39, 0.29) is 5.91 Å². The summed E-state index contributed by atoms with van der Waals surface area (Å²) < 4.78 is 11.6. The molecule has 0 N–H and O–H groups in total. The summed E-state index contributed by atoms with van der Waals surface area (Å²) in [6.45, 7) is 2.29. The van der Waals surface area contributed by atoms with Gasteiger partial charge < -0.3 is 19.3 Å². The zero-order valence-corrected chi connectivity index (χ0v) is 13.6. The summed E-state index contributed by atoms with van der Waals surface area (Å²) in [6, 6.07) is 8.38. The lowest BCUT2D eigenvalue weighted by Gasteiger charge is -2.36. The average molecular weight is 316 g/mol. The molecule has 5 nitrogen and oxygen atoms in total. The van der Waals surface area contributed by atoms with Gasteiger partial charge in [0, 0.05) is 18.6 Å². The molecule has 0 aromatic heterocycles. The Kier molecular flexibility index (Phi) is 3.89. The van der Waals surface area contributed by atoms with Crippen LogP contribution in [0.2, 0.25) is 0 Å². The lowest BCUT2D eigenvalue weighted by atomic mass is 10.0. The molecule has 3 aliphatic rings. The first-order chi connectivity index (χ1) is 11.2. The minimum absolute atomic E-state index is 0.0855. The van der Waals surface area contributed by atoms with Crippen LogP contribution < -0.4 is 9.47 Å². The molecule has 2 saturated heterocycles. The molecule has 0 bridgehead atoms. The van der Waals surface area contributed by atoms with Crippen LogP contribution in [0.15, 0.2) is 24.3 Å². The SMILES string of the molecule is CN1CCC[C@@H]1[C@@H]1CCCN1C(=O)[C@@H]1COc2ccccc2O1. The van der Waals surface area contributed by atoms with Crippen molar-refractivity contribution in [2.24, 2.45) is 0 Å². The van der Waals surface area contributed by atoms with Gasteiger partial charge in [-0.1, -0.05) is 12.1 Å². The lowest BCUT2D eigenvalue weighted by molar-refractivity contribution is -0.143. The standard InChI is InChI=1S/C18H24N2O3/c1-19-10-4-6-13(19)14-7-5-11-20(14)18(21)17-12-22-15-8-2-3-9-16(15)23-17/h2-3,8-9,13-14,17H,4-7,10-12H2,1H3/t13-,14+,17+/m1/s1. The van der Waals surface area contributed by atoms with Crippen LogP contribution in [0.25, 0.3) is 0 Å². The zero-order valence-electron chi connectivity index (χ0n) is 13.6. The van der Waals surface area contributed by atoms with Crippen LogP contribution in [-0.2, 0) is 4.79 Å². The predicted molar refractivity (Wildman–Crippen MR) is 86.7 cm³/mol. The molecule has 0 unspecified atom stereocenters. The van der Waals surface area contributed by atoms with E-state index in [2.05, 4.69) is 16.8 Å². The number of amides is 1. The molecule has 5 heteroatoms. The Balaban J connectivity index is 1.48. The molecular weight excluding hydrogens is 292 g/mol. The molecule has 124 valence electrons. The molecule has 1 aromatic rings. The van der Waals surface area contributed by atoms with E-state index in [4.69, 9.17) is 9.47 Å². The number of benzene rings is 1. The first kappa shape index (κ1) is 14.8. The molecule has 1 aromatic carbocycles. The number of carbonyl (C=O) groups excluding carboxylic acids is 1. The maximum absolute atomic E-state index is 13.0. The second-order valence-electron chi connectivity index (χ2n) is 6.80. The van der Waals surface area contributed by atoms with Crippen molar-refractivity contribution in [1.29, 1.82) is 0 Å². The van der Waals surface area contributed by atoms with Gasteiger partial charge in [0.15, 0.2) is 11.5 Å². The van der Waals surface area contributed by atoms with Gasteiger partial charge in [-0.25, -0.2) is 0 Å². The van der Waals surface area contributed by atoms with Crippen molar-refractivity contribution in [1.82, 2.24) is 9.80 Å². The van der Waals surface area contributed by atoms with Gasteiger partial charge in [-0.2, -0.15) is 0 Å². The number of hydrogen-bond donors (Lipinski definition) is 0. The Labute approximate surface area is 137 Å². The van der Waals surface area contributed by atoms with Crippen molar-refractivity contribution in [3.63, 3.8) is 0 Å². The summed E-state index contributed by atoms with van der Waals surface area (Å²) in [7, 11) is 2.18. The van der Waals surface area contributed by atoms with Gasteiger partial charge in [-0.15, -0.1) is 0 Å². The molecule has 3 atom stereocenters. The summed E-state index contributed by atoms with van der Waals surface area (Å²) >= 11 is 0. The Morgan fingerprint density at radius 2 is 1.83 bits per heavy atom. The summed E-state index contributed by atoms with van der Waals surface area (Å²) in [6.07, 6.45) is 4.10. The van der Waals surface area contributed by atoms with E-state index >= 15 is 0 Å². The number of fused-ring (bicyclic) bond motifs is 1. The first-order valence-corrected chi connectivity index (χ1v) is 8.63. The second-order valence-corrected chi connectivity index (χ2v) is 6.80. The van der Waals surface area contributed by atoms with Crippen LogP contribution in [0.3, 0.4) is 0 Å². The third-order valence-electron chi connectivity index (χ3n) is 5.39. The number of likely N-dealkylation sites (N-methyl/N-ethyl adjacent to an activating group) is 1. The van der Waals surface area contributed by atoms with Crippen LogP contribution in [0.1, 0.15) is 25.7 Å². The van der Waals surface area contributed by atoms with Crippen molar-refractivity contribution in [2.45, 2.75) is 43.9 Å². The number of likely N-dealkylation sites (tertiary alicyclic amines) is 2. The molecule has 3 heterocycles. The molecule has 0 radical (unpaired) electrons. The number of para-hydroxylation sites is 2. The quantitative estimate of drug-likeness (QED) is 0.836. The van der Waals surface area contributed by atoms with Crippen LogP contribution in [0, 0.1) is 0 Å². The Morgan fingerprint density at radius 3 is 2.61 bits per heavy atom. The van der Waals surface area contributed by atoms with Gasteiger partial charge in [-0.05, 0) is 51.4 Å². The first-order valence-electron chi connectivity index (χ1n) is 8.63. The lowest BCUT2D eigenvalue weighted by Crippen LogP contribution is -2.53. The smallest absolute Gasteiger partial charge is 0.267 e. The molecule has 23 heavy (non-hydrogen) atoms. The molecule has 0 aliphatic carbocycles. The normalized spacial score (nSPS) is 30.7. The van der Waals surface area contributed by atoms with Crippen molar-refractivity contribution in [3.05, 3.63) is 24.3 Å². The minimum atomic E-state index is -0.516. The van der Waals surface area contributed by atoms with Crippen molar-refractivity contribution in [2.75, 3.05) is 26.7 Å². The predicted octanol–water partition coefficient (Wildman–Crippen LogP) is 1.91. The summed E-state index contributed by atoms with van der Waals surface area (Å²) in [5.74, 6) is 1.48. The molecular formula is C18H24N2O3. The fraction of sp³-hybridized carbons (Fsp3) is 0.611. The number of nitrogens with zero attached hydrogens (tertiary/aromatic N) is 2. The van der Waals surface area contributed by atoms with E-state index in [1.54, 1.807) is 0 Å². The Bertz CT molecular complexity index is 591. The maximum Gasteiger partial charge on any atom is 0.267 e. The molecule has 4 rings (SSSR count). The molecule has 0 spiro atoms. The average Bonchev–Trinajstić information content (AvgIpc) is 3.22.